The lowest BCUT2D eigenvalue weighted by Gasteiger charge is -2.26. The van der Waals surface area contributed by atoms with Gasteiger partial charge in [0.15, 0.2) is 0 Å². The van der Waals surface area contributed by atoms with Gasteiger partial charge in [-0.2, -0.15) is 4.31 Å². The van der Waals surface area contributed by atoms with Gasteiger partial charge in [0.2, 0.25) is 16.0 Å². The van der Waals surface area contributed by atoms with E-state index in [-0.39, 0.29) is 5.95 Å². The summed E-state index contributed by atoms with van der Waals surface area (Å²) in [5.41, 5.74) is 8.44. The minimum Gasteiger partial charge on any atom is -0.368 e. The Morgan fingerprint density at radius 2 is 1.79 bits per heavy atom. The maximum atomic E-state index is 12.8. The molecule has 4 rings (SSSR count). The summed E-state index contributed by atoms with van der Waals surface area (Å²) in [5.74, 6) is 0.570. The molecule has 2 saturated heterocycles. The van der Waals surface area contributed by atoms with Crippen LogP contribution in [0, 0.1) is 0 Å². The number of benzene rings is 1. The number of rotatable bonds is 4. The lowest BCUT2D eigenvalue weighted by molar-refractivity contribution is 0.360. The molecule has 0 amide bonds. The van der Waals surface area contributed by atoms with E-state index in [1.165, 1.54) is 4.31 Å². The van der Waals surface area contributed by atoms with Gasteiger partial charge in [-0.1, -0.05) is 12.1 Å². The highest BCUT2D eigenvalue weighted by molar-refractivity contribution is 7.89. The first-order valence-corrected chi connectivity index (χ1v) is 11.1. The molecule has 1 unspecified atom stereocenters. The fraction of sp³-hybridized carbons (Fsp3) is 0.474. The van der Waals surface area contributed by atoms with E-state index in [1.807, 2.05) is 6.07 Å². The fourth-order valence-corrected chi connectivity index (χ4v) is 5.22. The van der Waals surface area contributed by atoms with E-state index >= 15 is 0 Å². The van der Waals surface area contributed by atoms with Gasteiger partial charge in [0.05, 0.1) is 16.3 Å². The van der Waals surface area contributed by atoms with Crippen LogP contribution in [0.4, 0.5) is 5.95 Å². The summed E-state index contributed by atoms with van der Waals surface area (Å²) in [7, 11) is -3.47. The normalized spacial score (nSPS) is 21.5. The van der Waals surface area contributed by atoms with Crippen molar-refractivity contribution in [1.82, 2.24) is 24.9 Å². The molecule has 0 aliphatic carbocycles. The van der Waals surface area contributed by atoms with Crippen LogP contribution in [0.15, 0.2) is 35.2 Å². The second-order valence-corrected chi connectivity index (χ2v) is 9.20. The summed E-state index contributed by atoms with van der Waals surface area (Å²) >= 11 is 0. The Bertz CT molecular complexity index is 920. The molecule has 3 heterocycles. The summed E-state index contributed by atoms with van der Waals surface area (Å²) in [6.45, 7) is 4.26. The van der Waals surface area contributed by atoms with Crippen molar-refractivity contribution in [3.63, 3.8) is 0 Å². The highest BCUT2D eigenvalue weighted by Crippen LogP contribution is 2.27. The number of hydrogen-bond donors (Lipinski definition) is 3. The van der Waals surface area contributed by atoms with E-state index in [2.05, 4.69) is 20.6 Å². The Balaban J connectivity index is 1.59. The van der Waals surface area contributed by atoms with Crippen LogP contribution in [0.5, 0.6) is 0 Å². The first kappa shape index (κ1) is 19.3. The van der Waals surface area contributed by atoms with Crippen LogP contribution in [0.1, 0.15) is 24.5 Å². The fourth-order valence-electron chi connectivity index (χ4n) is 3.78. The molecule has 0 radical (unpaired) electrons. The number of aromatic nitrogens is 2. The molecule has 1 aromatic carbocycles. The van der Waals surface area contributed by atoms with E-state index in [4.69, 9.17) is 5.73 Å². The summed E-state index contributed by atoms with van der Waals surface area (Å²) in [5, 5.41) is 6.56. The van der Waals surface area contributed by atoms with E-state index < -0.39 is 10.0 Å². The first-order chi connectivity index (χ1) is 13.5. The van der Waals surface area contributed by atoms with Crippen molar-refractivity contribution in [3.8, 4) is 11.3 Å². The van der Waals surface area contributed by atoms with Crippen molar-refractivity contribution in [3.05, 3.63) is 36.0 Å². The van der Waals surface area contributed by atoms with Crippen LogP contribution in [0.3, 0.4) is 0 Å². The molecule has 1 aromatic heterocycles. The number of nitrogen functional groups attached to an aromatic ring is 1. The minimum atomic E-state index is -3.47. The zero-order chi connectivity index (χ0) is 19.6. The lowest BCUT2D eigenvalue weighted by Crippen LogP contribution is -2.46. The third-order valence-corrected chi connectivity index (χ3v) is 7.26. The second kappa shape index (κ2) is 8.12. The van der Waals surface area contributed by atoms with Gasteiger partial charge in [-0.05, 0) is 37.6 Å². The molecule has 9 heteroatoms. The first-order valence-electron chi connectivity index (χ1n) is 9.70. The Hall–Kier alpha value is -2.07. The quantitative estimate of drug-likeness (QED) is 0.693. The molecule has 2 aromatic rings. The molecular weight excluding hydrogens is 376 g/mol. The van der Waals surface area contributed by atoms with E-state index in [9.17, 15) is 8.42 Å². The summed E-state index contributed by atoms with van der Waals surface area (Å²) in [4.78, 5) is 9.08. The van der Waals surface area contributed by atoms with Crippen LogP contribution < -0.4 is 16.4 Å². The molecule has 1 atom stereocenters. The van der Waals surface area contributed by atoms with Gasteiger partial charge in [0.25, 0.3) is 0 Å². The van der Waals surface area contributed by atoms with Crippen molar-refractivity contribution in [1.29, 1.82) is 0 Å². The molecule has 4 N–H and O–H groups in total. The number of nitrogens with two attached hydrogens (primary N) is 1. The molecule has 0 spiro atoms. The highest BCUT2D eigenvalue weighted by Gasteiger charge is 2.26. The number of piperidine rings is 1. The van der Waals surface area contributed by atoms with Crippen molar-refractivity contribution in [2.45, 2.75) is 23.7 Å². The van der Waals surface area contributed by atoms with E-state index in [1.54, 1.807) is 24.3 Å². The van der Waals surface area contributed by atoms with Gasteiger partial charge in [0, 0.05) is 44.2 Å². The van der Waals surface area contributed by atoms with Crippen molar-refractivity contribution >= 4 is 16.0 Å². The summed E-state index contributed by atoms with van der Waals surface area (Å²) in [6.07, 6.45) is 2.19. The number of nitrogens with zero attached hydrogens (tertiary/aromatic N) is 3. The van der Waals surface area contributed by atoms with Crippen LogP contribution in [0.2, 0.25) is 0 Å². The largest absolute Gasteiger partial charge is 0.368 e. The standard InChI is InChI=1S/C19H26N6O2S/c20-19-23-17(12-18(24-19)15-2-1-7-22-13-15)14-3-5-16(6-4-14)28(26,27)25-10-8-21-9-11-25/h3-6,12,15,21-22H,1-2,7-11,13H2,(H2,20,23,24). The number of anilines is 1. The zero-order valence-electron chi connectivity index (χ0n) is 15.8. The summed E-state index contributed by atoms with van der Waals surface area (Å²) < 4.78 is 27.1. The third kappa shape index (κ3) is 4.02. The molecule has 2 aliphatic heterocycles. The molecule has 150 valence electrons. The predicted octanol–water partition coefficient (Wildman–Crippen LogP) is 0.787. The third-order valence-electron chi connectivity index (χ3n) is 5.34. The SMILES string of the molecule is Nc1nc(-c2ccc(S(=O)(=O)N3CCNCC3)cc2)cc(C2CCCNC2)n1. The van der Waals surface area contributed by atoms with Crippen molar-refractivity contribution in [2.24, 2.45) is 0 Å². The topological polar surface area (TPSA) is 113 Å². The van der Waals surface area contributed by atoms with Crippen LogP contribution in [0.25, 0.3) is 11.3 Å². The maximum absolute atomic E-state index is 12.8. The van der Waals surface area contributed by atoms with Gasteiger partial charge in [0.1, 0.15) is 0 Å². The minimum absolute atomic E-state index is 0.246. The Morgan fingerprint density at radius 3 is 2.46 bits per heavy atom. The van der Waals surface area contributed by atoms with Gasteiger partial charge in [-0.15, -0.1) is 0 Å². The second-order valence-electron chi connectivity index (χ2n) is 7.26. The van der Waals surface area contributed by atoms with Crippen molar-refractivity contribution in [2.75, 3.05) is 45.0 Å². The molecule has 28 heavy (non-hydrogen) atoms. The van der Waals surface area contributed by atoms with Gasteiger partial charge in [-0.3, -0.25) is 0 Å². The maximum Gasteiger partial charge on any atom is 0.243 e. The number of hydrogen-bond acceptors (Lipinski definition) is 7. The number of nitrogens with one attached hydrogen (secondary N) is 2. The molecule has 0 saturated carbocycles. The average molecular weight is 403 g/mol. The van der Waals surface area contributed by atoms with Gasteiger partial charge < -0.3 is 16.4 Å². The number of sulfonamides is 1. The Labute approximate surface area is 165 Å². The molecular formula is C19H26N6O2S. The monoisotopic (exact) mass is 402 g/mol. The zero-order valence-corrected chi connectivity index (χ0v) is 16.6. The smallest absolute Gasteiger partial charge is 0.243 e. The van der Waals surface area contributed by atoms with E-state index in [0.717, 1.165) is 42.9 Å². The molecule has 8 nitrogen and oxygen atoms in total. The van der Waals surface area contributed by atoms with Crippen LogP contribution in [-0.4, -0.2) is 62.0 Å². The highest BCUT2D eigenvalue weighted by atomic mass is 32.2. The van der Waals surface area contributed by atoms with Gasteiger partial charge in [-0.25, -0.2) is 18.4 Å². The van der Waals surface area contributed by atoms with Crippen LogP contribution in [-0.2, 0) is 10.0 Å². The Morgan fingerprint density at radius 1 is 1.04 bits per heavy atom. The predicted molar refractivity (Wildman–Crippen MR) is 108 cm³/mol. The average Bonchev–Trinajstić information content (AvgIpc) is 2.75. The lowest BCUT2D eigenvalue weighted by atomic mass is 9.95. The molecule has 2 fully saturated rings. The van der Waals surface area contributed by atoms with Crippen molar-refractivity contribution < 1.29 is 8.42 Å². The number of piperazine rings is 1. The van der Waals surface area contributed by atoms with Crippen LogP contribution >= 0.6 is 0 Å². The van der Waals surface area contributed by atoms with Gasteiger partial charge >= 0.3 is 0 Å². The van der Waals surface area contributed by atoms with E-state index in [0.29, 0.717) is 37.0 Å². The molecule has 2 aliphatic rings. The summed E-state index contributed by atoms with van der Waals surface area (Å²) in [6, 6.07) is 8.84. The Kier molecular flexibility index (Phi) is 5.58. The molecule has 0 bridgehead atoms.